The molecule has 0 amide bonds. The molecule has 8 heteroatoms. The van der Waals surface area contributed by atoms with Gasteiger partial charge in [-0.1, -0.05) is 29.3 Å². The van der Waals surface area contributed by atoms with Crippen molar-refractivity contribution in [2.75, 3.05) is 4.72 Å². The predicted octanol–water partition coefficient (Wildman–Crippen LogP) is 4.02. The lowest BCUT2D eigenvalue weighted by Gasteiger charge is -2.12. The summed E-state index contributed by atoms with van der Waals surface area (Å²) in [7, 11) is -3.82. The Morgan fingerprint density at radius 1 is 1.14 bits per heavy atom. The molecule has 0 aliphatic rings. The molecule has 2 aromatic rings. The number of hydrogen-bond acceptors (Lipinski definition) is 3. The van der Waals surface area contributed by atoms with Crippen molar-refractivity contribution >= 4 is 54.8 Å². The second-order valence-electron chi connectivity index (χ2n) is 4.20. The molecule has 2 aromatic carbocycles. The number of nitrogens with one attached hydrogen (secondary N) is 1. The van der Waals surface area contributed by atoms with Crippen LogP contribution in [0.15, 0.2) is 45.8 Å². The first-order valence-electron chi connectivity index (χ1n) is 5.80. The standard InChI is InChI=1S/C13H11BrCl2N2O2S/c14-10-6-9(15)2-4-12(10)18-21(19,20)13-5-8(7-17)1-3-11(13)16/h1-6,18H,7,17H2. The van der Waals surface area contributed by atoms with Crippen molar-refractivity contribution in [3.05, 3.63) is 56.5 Å². The first-order chi connectivity index (χ1) is 9.83. The van der Waals surface area contributed by atoms with E-state index in [-0.39, 0.29) is 16.5 Å². The molecular formula is C13H11BrCl2N2O2S. The first-order valence-corrected chi connectivity index (χ1v) is 8.83. The van der Waals surface area contributed by atoms with Gasteiger partial charge in [-0.3, -0.25) is 4.72 Å². The molecule has 0 unspecified atom stereocenters. The Kier molecular flexibility index (Phi) is 5.16. The number of anilines is 1. The van der Waals surface area contributed by atoms with Gasteiger partial charge < -0.3 is 5.73 Å². The van der Waals surface area contributed by atoms with Gasteiger partial charge in [0.25, 0.3) is 10.0 Å². The van der Waals surface area contributed by atoms with Gasteiger partial charge in [-0.05, 0) is 51.8 Å². The maximum Gasteiger partial charge on any atom is 0.263 e. The third-order valence-corrected chi connectivity index (χ3v) is 5.43. The minimum absolute atomic E-state index is 0.0195. The van der Waals surface area contributed by atoms with Crippen LogP contribution in [0.5, 0.6) is 0 Å². The van der Waals surface area contributed by atoms with Gasteiger partial charge in [0.15, 0.2) is 0 Å². The molecule has 0 saturated heterocycles. The van der Waals surface area contributed by atoms with Gasteiger partial charge in [-0.2, -0.15) is 0 Å². The number of rotatable bonds is 4. The van der Waals surface area contributed by atoms with Gasteiger partial charge in [-0.25, -0.2) is 8.42 Å². The molecule has 0 bridgehead atoms. The molecule has 0 aliphatic heterocycles. The van der Waals surface area contributed by atoms with Crippen LogP contribution in [0.3, 0.4) is 0 Å². The normalized spacial score (nSPS) is 11.4. The molecule has 2 rings (SSSR count). The van der Waals surface area contributed by atoms with Crippen molar-refractivity contribution < 1.29 is 8.42 Å². The van der Waals surface area contributed by atoms with Crippen LogP contribution in [-0.4, -0.2) is 8.42 Å². The SMILES string of the molecule is NCc1ccc(Cl)c(S(=O)(=O)Nc2ccc(Cl)cc2Br)c1. The summed E-state index contributed by atoms with van der Waals surface area (Å²) >= 11 is 15.1. The second-order valence-corrected chi connectivity index (χ2v) is 7.55. The summed E-state index contributed by atoms with van der Waals surface area (Å²) in [6, 6.07) is 9.38. The van der Waals surface area contributed by atoms with E-state index >= 15 is 0 Å². The Hall–Kier alpha value is -0.790. The average molecular weight is 410 g/mol. The predicted molar refractivity (Wildman–Crippen MR) is 89.3 cm³/mol. The highest BCUT2D eigenvalue weighted by Crippen LogP contribution is 2.30. The number of nitrogens with two attached hydrogens (primary N) is 1. The molecular weight excluding hydrogens is 399 g/mol. The molecule has 3 N–H and O–H groups in total. The molecule has 0 heterocycles. The summed E-state index contributed by atoms with van der Waals surface area (Å²) in [4.78, 5) is -0.0195. The quantitative estimate of drug-likeness (QED) is 0.800. The van der Waals surface area contributed by atoms with E-state index in [0.29, 0.717) is 20.7 Å². The van der Waals surface area contributed by atoms with Crippen LogP contribution in [0.2, 0.25) is 10.0 Å². The van der Waals surface area contributed by atoms with Crippen molar-refractivity contribution in [3.63, 3.8) is 0 Å². The Bertz CT molecular complexity index is 782. The highest BCUT2D eigenvalue weighted by atomic mass is 79.9. The topological polar surface area (TPSA) is 72.2 Å². The van der Waals surface area contributed by atoms with Crippen LogP contribution in [0.4, 0.5) is 5.69 Å². The van der Waals surface area contributed by atoms with E-state index in [1.54, 1.807) is 24.3 Å². The number of hydrogen-bond donors (Lipinski definition) is 2. The molecule has 0 aliphatic carbocycles. The van der Waals surface area contributed by atoms with Crippen molar-refractivity contribution in [3.8, 4) is 0 Å². The van der Waals surface area contributed by atoms with Crippen molar-refractivity contribution in [1.29, 1.82) is 0 Å². The van der Waals surface area contributed by atoms with E-state index in [0.717, 1.165) is 0 Å². The van der Waals surface area contributed by atoms with Gasteiger partial charge >= 0.3 is 0 Å². The monoisotopic (exact) mass is 408 g/mol. The maximum absolute atomic E-state index is 12.4. The van der Waals surface area contributed by atoms with Crippen molar-refractivity contribution in [2.45, 2.75) is 11.4 Å². The zero-order valence-corrected chi connectivity index (χ0v) is 14.5. The van der Waals surface area contributed by atoms with Crippen LogP contribution in [-0.2, 0) is 16.6 Å². The molecule has 0 spiro atoms. The lowest BCUT2D eigenvalue weighted by atomic mass is 10.2. The van der Waals surface area contributed by atoms with Crippen molar-refractivity contribution in [1.82, 2.24) is 0 Å². The first kappa shape index (κ1) is 16.6. The smallest absolute Gasteiger partial charge is 0.263 e. The fourth-order valence-electron chi connectivity index (χ4n) is 1.65. The fraction of sp³-hybridized carbons (Fsp3) is 0.0769. The third kappa shape index (κ3) is 3.90. The van der Waals surface area contributed by atoms with E-state index in [2.05, 4.69) is 20.7 Å². The Balaban J connectivity index is 2.43. The van der Waals surface area contributed by atoms with Crippen LogP contribution < -0.4 is 10.5 Å². The third-order valence-electron chi connectivity index (χ3n) is 2.70. The molecule has 4 nitrogen and oxygen atoms in total. The minimum atomic E-state index is -3.82. The fourth-order valence-corrected chi connectivity index (χ4v) is 4.20. The number of halogens is 3. The largest absolute Gasteiger partial charge is 0.326 e. The summed E-state index contributed by atoms with van der Waals surface area (Å²) < 4.78 is 27.9. The van der Waals surface area contributed by atoms with Crippen LogP contribution >= 0.6 is 39.1 Å². The Labute approximate surface area is 141 Å². The van der Waals surface area contributed by atoms with Gasteiger partial charge in [0.2, 0.25) is 0 Å². The van der Waals surface area contributed by atoms with E-state index < -0.39 is 10.0 Å². The van der Waals surface area contributed by atoms with Gasteiger partial charge in [0.05, 0.1) is 10.7 Å². The zero-order valence-electron chi connectivity index (χ0n) is 10.6. The second kappa shape index (κ2) is 6.54. The van der Waals surface area contributed by atoms with E-state index in [9.17, 15) is 8.42 Å². The maximum atomic E-state index is 12.4. The Morgan fingerprint density at radius 3 is 2.48 bits per heavy atom. The van der Waals surface area contributed by atoms with Crippen LogP contribution in [0.25, 0.3) is 0 Å². The van der Waals surface area contributed by atoms with Gasteiger partial charge in [0.1, 0.15) is 4.90 Å². The van der Waals surface area contributed by atoms with Crippen LogP contribution in [0, 0.1) is 0 Å². The summed E-state index contributed by atoms with van der Waals surface area (Å²) in [6.07, 6.45) is 0. The number of sulfonamides is 1. The summed E-state index contributed by atoms with van der Waals surface area (Å²) in [6.45, 7) is 0.227. The molecule has 0 fully saturated rings. The lowest BCUT2D eigenvalue weighted by Crippen LogP contribution is -2.14. The summed E-state index contributed by atoms with van der Waals surface area (Å²) in [5, 5.41) is 0.623. The molecule has 0 atom stereocenters. The van der Waals surface area contributed by atoms with Gasteiger partial charge in [0, 0.05) is 16.0 Å². The summed E-state index contributed by atoms with van der Waals surface area (Å²) in [5.74, 6) is 0. The minimum Gasteiger partial charge on any atom is -0.326 e. The average Bonchev–Trinajstić information content (AvgIpc) is 2.42. The molecule has 112 valence electrons. The highest BCUT2D eigenvalue weighted by Gasteiger charge is 2.19. The van der Waals surface area contributed by atoms with Gasteiger partial charge in [-0.15, -0.1) is 0 Å². The molecule has 21 heavy (non-hydrogen) atoms. The summed E-state index contributed by atoms with van der Waals surface area (Å²) in [5.41, 5.74) is 6.57. The van der Waals surface area contributed by atoms with E-state index in [4.69, 9.17) is 28.9 Å². The Morgan fingerprint density at radius 2 is 1.86 bits per heavy atom. The van der Waals surface area contributed by atoms with E-state index in [1.165, 1.54) is 12.1 Å². The lowest BCUT2D eigenvalue weighted by molar-refractivity contribution is 0.601. The highest BCUT2D eigenvalue weighted by molar-refractivity contribution is 9.10. The van der Waals surface area contributed by atoms with E-state index in [1.807, 2.05) is 0 Å². The number of benzene rings is 2. The van der Waals surface area contributed by atoms with Crippen LogP contribution in [0.1, 0.15) is 5.56 Å². The molecule has 0 saturated carbocycles. The zero-order chi connectivity index (χ0) is 15.6. The van der Waals surface area contributed by atoms with Crippen molar-refractivity contribution in [2.24, 2.45) is 5.73 Å². The molecule has 0 radical (unpaired) electrons. The molecule has 0 aromatic heterocycles.